The molecule has 1 aromatic heterocycles. The lowest BCUT2D eigenvalue weighted by Gasteiger charge is -2.15. The summed E-state index contributed by atoms with van der Waals surface area (Å²) < 4.78 is 31.3. The summed E-state index contributed by atoms with van der Waals surface area (Å²) in [5.41, 5.74) is 2.93. The van der Waals surface area contributed by atoms with E-state index >= 15 is 0 Å². The van der Waals surface area contributed by atoms with Gasteiger partial charge in [0.05, 0.1) is 10.6 Å². The van der Waals surface area contributed by atoms with Gasteiger partial charge in [-0.05, 0) is 45.0 Å². The van der Waals surface area contributed by atoms with E-state index in [0.29, 0.717) is 6.54 Å². The second-order valence-electron chi connectivity index (χ2n) is 5.40. The molecule has 1 aromatic carbocycles. The fourth-order valence-corrected chi connectivity index (χ4v) is 3.17. The highest BCUT2D eigenvalue weighted by Crippen LogP contribution is 2.19. The lowest BCUT2D eigenvalue weighted by molar-refractivity contribution is 0.389. The summed E-state index contributed by atoms with van der Waals surface area (Å²) in [6.45, 7) is 6.56. The SMILES string of the molecule is CCc1noc(C)c1CNC(C)c1cccc(S(=O)(=O)NC)c1. The highest BCUT2D eigenvalue weighted by atomic mass is 32.2. The molecule has 0 aliphatic rings. The molecule has 7 heteroatoms. The maximum absolute atomic E-state index is 11.9. The normalized spacial score (nSPS) is 13.2. The molecule has 2 aromatic rings. The van der Waals surface area contributed by atoms with Crippen molar-refractivity contribution < 1.29 is 12.9 Å². The topological polar surface area (TPSA) is 84.2 Å². The minimum Gasteiger partial charge on any atom is -0.361 e. The Hall–Kier alpha value is -1.70. The first-order valence-electron chi connectivity index (χ1n) is 7.60. The molecule has 0 aliphatic carbocycles. The zero-order valence-corrected chi connectivity index (χ0v) is 14.7. The molecule has 2 N–H and O–H groups in total. The van der Waals surface area contributed by atoms with Crippen LogP contribution in [0.1, 0.15) is 42.5 Å². The summed E-state index contributed by atoms with van der Waals surface area (Å²) in [5.74, 6) is 0.813. The summed E-state index contributed by atoms with van der Waals surface area (Å²) >= 11 is 0. The number of hydrogen-bond acceptors (Lipinski definition) is 5. The van der Waals surface area contributed by atoms with E-state index in [2.05, 4.69) is 15.2 Å². The smallest absolute Gasteiger partial charge is 0.240 e. The van der Waals surface area contributed by atoms with E-state index in [-0.39, 0.29) is 10.9 Å². The quantitative estimate of drug-likeness (QED) is 0.810. The number of aryl methyl sites for hydroxylation is 2. The second kappa shape index (κ2) is 7.25. The Morgan fingerprint density at radius 3 is 2.74 bits per heavy atom. The lowest BCUT2D eigenvalue weighted by atomic mass is 10.1. The van der Waals surface area contributed by atoms with Crippen LogP contribution in [0.25, 0.3) is 0 Å². The molecule has 0 radical (unpaired) electrons. The van der Waals surface area contributed by atoms with E-state index in [9.17, 15) is 8.42 Å². The molecule has 0 spiro atoms. The van der Waals surface area contributed by atoms with Crippen LogP contribution in [-0.4, -0.2) is 20.6 Å². The Morgan fingerprint density at radius 2 is 2.09 bits per heavy atom. The third-order valence-corrected chi connectivity index (χ3v) is 5.34. The van der Waals surface area contributed by atoms with Gasteiger partial charge in [0.2, 0.25) is 10.0 Å². The summed E-state index contributed by atoms with van der Waals surface area (Å²) in [7, 11) is -2.03. The Bertz CT molecular complexity index is 769. The van der Waals surface area contributed by atoms with Gasteiger partial charge >= 0.3 is 0 Å². The average molecular weight is 337 g/mol. The van der Waals surface area contributed by atoms with Crippen LogP contribution in [-0.2, 0) is 23.0 Å². The molecule has 23 heavy (non-hydrogen) atoms. The maximum atomic E-state index is 11.9. The molecule has 1 heterocycles. The van der Waals surface area contributed by atoms with Gasteiger partial charge in [0.25, 0.3) is 0 Å². The monoisotopic (exact) mass is 337 g/mol. The van der Waals surface area contributed by atoms with Crippen LogP contribution in [0.5, 0.6) is 0 Å². The van der Waals surface area contributed by atoms with Crippen molar-refractivity contribution in [1.29, 1.82) is 0 Å². The first-order valence-corrected chi connectivity index (χ1v) is 9.08. The molecule has 1 atom stereocenters. The summed E-state index contributed by atoms with van der Waals surface area (Å²) in [5, 5.41) is 7.44. The van der Waals surface area contributed by atoms with Crippen molar-refractivity contribution in [2.75, 3.05) is 7.05 Å². The minimum absolute atomic E-state index is 0.000937. The third-order valence-electron chi connectivity index (χ3n) is 3.92. The Balaban J connectivity index is 2.14. The van der Waals surface area contributed by atoms with Crippen LogP contribution in [0.4, 0.5) is 0 Å². The molecule has 0 amide bonds. The second-order valence-corrected chi connectivity index (χ2v) is 7.29. The van der Waals surface area contributed by atoms with Gasteiger partial charge in [-0.2, -0.15) is 0 Å². The van der Waals surface area contributed by atoms with Crippen molar-refractivity contribution in [3.63, 3.8) is 0 Å². The van der Waals surface area contributed by atoms with Crippen LogP contribution >= 0.6 is 0 Å². The summed E-state index contributed by atoms with van der Waals surface area (Å²) in [6, 6.07) is 6.93. The zero-order valence-electron chi connectivity index (χ0n) is 13.9. The van der Waals surface area contributed by atoms with E-state index in [1.165, 1.54) is 7.05 Å². The van der Waals surface area contributed by atoms with Gasteiger partial charge < -0.3 is 9.84 Å². The molecule has 0 aliphatic heterocycles. The van der Waals surface area contributed by atoms with Crippen LogP contribution in [0.15, 0.2) is 33.7 Å². The molecule has 0 bridgehead atoms. The first-order chi connectivity index (χ1) is 10.9. The van der Waals surface area contributed by atoms with Gasteiger partial charge in [-0.25, -0.2) is 13.1 Å². The van der Waals surface area contributed by atoms with E-state index < -0.39 is 10.0 Å². The van der Waals surface area contributed by atoms with Crippen molar-refractivity contribution in [3.8, 4) is 0 Å². The fraction of sp³-hybridized carbons (Fsp3) is 0.438. The van der Waals surface area contributed by atoms with Crippen molar-refractivity contribution >= 4 is 10.0 Å². The minimum atomic E-state index is -3.43. The van der Waals surface area contributed by atoms with Crippen LogP contribution in [0, 0.1) is 6.92 Å². The van der Waals surface area contributed by atoms with Gasteiger partial charge in [0.15, 0.2) is 0 Å². The number of sulfonamides is 1. The number of rotatable bonds is 7. The largest absolute Gasteiger partial charge is 0.361 e. The van der Waals surface area contributed by atoms with E-state index in [4.69, 9.17) is 4.52 Å². The van der Waals surface area contributed by atoms with Gasteiger partial charge in [0, 0.05) is 18.2 Å². The number of hydrogen-bond donors (Lipinski definition) is 2. The van der Waals surface area contributed by atoms with Gasteiger partial charge in [-0.3, -0.25) is 0 Å². The molecular weight excluding hydrogens is 314 g/mol. The predicted octanol–water partition coefficient (Wildman–Crippen LogP) is 2.30. The Labute approximate surface area is 137 Å². The standard InChI is InChI=1S/C16H23N3O3S/c1-5-16-15(12(3)22-19-16)10-18-11(2)13-7-6-8-14(9-13)23(20,21)17-4/h6-9,11,17-18H,5,10H2,1-4H3. The van der Waals surface area contributed by atoms with Crippen molar-refractivity contribution in [3.05, 3.63) is 46.8 Å². The van der Waals surface area contributed by atoms with Gasteiger partial charge in [-0.1, -0.05) is 24.2 Å². The summed E-state index contributed by atoms with van der Waals surface area (Å²) in [6.07, 6.45) is 0.818. The molecule has 2 rings (SSSR count). The van der Waals surface area contributed by atoms with Gasteiger partial charge in [-0.15, -0.1) is 0 Å². The fourth-order valence-electron chi connectivity index (χ4n) is 2.38. The highest BCUT2D eigenvalue weighted by Gasteiger charge is 2.15. The molecule has 0 fully saturated rings. The lowest BCUT2D eigenvalue weighted by Crippen LogP contribution is -2.21. The Morgan fingerprint density at radius 1 is 1.35 bits per heavy atom. The first kappa shape index (κ1) is 17.7. The van der Waals surface area contributed by atoms with Crippen molar-refractivity contribution in [1.82, 2.24) is 15.2 Å². The van der Waals surface area contributed by atoms with Crippen LogP contribution < -0.4 is 10.0 Å². The third kappa shape index (κ3) is 3.99. The maximum Gasteiger partial charge on any atom is 0.240 e. The Kier molecular flexibility index (Phi) is 5.56. The number of benzene rings is 1. The summed E-state index contributed by atoms with van der Waals surface area (Å²) in [4.78, 5) is 0.265. The molecule has 126 valence electrons. The van der Waals surface area contributed by atoms with E-state index in [0.717, 1.165) is 29.0 Å². The zero-order chi connectivity index (χ0) is 17.0. The van der Waals surface area contributed by atoms with Gasteiger partial charge in [0.1, 0.15) is 5.76 Å². The molecule has 6 nitrogen and oxygen atoms in total. The molecule has 0 saturated heterocycles. The van der Waals surface area contributed by atoms with Crippen molar-refractivity contribution in [2.45, 2.75) is 44.7 Å². The van der Waals surface area contributed by atoms with E-state index in [1.807, 2.05) is 26.8 Å². The molecule has 1 unspecified atom stereocenters. The van der Waals surface area contributed by atoms with Crippen molar-refractivity contribution in [2.24, 2.45) is 0 Å². The number of nitrogens with zero attached hydrogens (tertiary/aromatic N) is 1. The highest BCUT2D eigenvalue weighted by molar-refractivity contribution is 7.89. The van der Waals surface area contributed by atoms with Crippen LogP contribution in [0.3, 0.4) is 0 Å². The molecular formula is C16H23N3O3S. The number of nitrogens with one attached hydrogen (secondary N) is 2. The number of aromatic nitrogens is 1. The predicted molar refractivity (Wildman–Crippen MR) is 88.6 cm³/mol. The van der Waals surface area contributed by atoms with E-state index in [1.54, 1.807) is 18.2 Å². The average Bonchev–Trinajstić information content (AvgIpc) is 2.92. The van der Waals surface area contributed by atoms with Crippen LogP contribution in [0.2, 0.25) is 0 Å². The molecule has 0 saturated carbocycles.